The van der Waals surface area contributed by atoms with Gasteiger partial charge < -0.3 is 0 Å². The molecule has 363 valence electrons. The molecular weight excluding hydrogens is 1020 g/mol. The molecule has 1 atom stereocenters. The molecule has 1 N–H and O–H groups in total. The number of aromatic nitrogens is 2. The van der Waals surface area contributed by atoms with E-state index in [2.05, 4.69) is 36.3 Å². The molecule has 1 radical (unpaired) electrons. The second-order valence-electron chi connectivity index (χ2n) is 17.1. The largest absolute Gasteiger partial charge is 0.299 e. The summed E-state index contributed by atoms with van der Waals surface area (Å²) < 4.78 is 124. The number of piperidine rings is 1. The van der Waals surface area contributed by atoms with Crippen molar-refractivity contribution in [2.45, 2.75) is 76.6 Å². The number of rotatable bonds is 17. The van der Waals surface area contributed by atoms with E-state index >= 15 is 0 Å². The van der Waals surface area contributed by atoms with Crippen LogP contribution in [0.3, 0.4) is 0 Å². The van der Waals surface area contributed by atoms with Gasteiger partial charge >= 0.3 is 292 Å². The van der Waals surface area contributed by atoms with E-state index in [0.717, 1.165) is 54.3 Å². The Morgan fingerprint density at radius 2 is 1.60 bits per heavy atom. The predicted molar refractivity (Wildman–Crippen MR) is 261 cm³/mol. The monoisotopic (exact) mass is 1080 g/mol. The number of hydrogen-bond acceptors (Lipinski definition) is 11. The second kappa shape index (κ2) is 22.2. The summed E-state index contributed by atoms with van der Waals surface area (Å²) in [6, 6.07) is 23.8. The van der Waals surface area contributed by atoms with Crippen molar-refractivity contribution in [2.24, 2.45) is 0 Å². The van der Waals surface area contributed by atoms with Crippen molar-refractivity contribution in [2.75, 3.05) is 69.4 Å². The van der Waals surface area contributed by atoms with Gasteiger partial charge in [-0.15, -0.1) is 0 Å². The van der Waals surface area contributed by atoms with E-state index in [-0.39, 0.29) is 33.7 Å². The summed E-state index contributed by atoms with van der Waals surface area (Å²) in [5.41, 5.74) is -2.03. The van der Waals surface area contributed by atoms with Gasteiger partial charge in [0.2, 0.25) is 0 Å². The number of fused-ring (bicyclic) bond motifs is 1. The van der Waals surface area contributed by atoms with E-state index in [1.807, 2.05) is 47.4 Å². The average molecular weight is 1080 g/mol. The topological polar surface area (TPSA) is 119 Å². The number of nitrogens with one attached hydrogen (secondary N) is 1. The number of alkyl halides is 3. The Bertz CT molecular complexity index is 2810. The number of nitrogens with zero attached hydrogens (tertiary/aromatic N) is 6. The van der Waals surface area contributed by atoms with Gasteiger partial charge in [-0.25, -0.2) is 4.39 Å². The number of likely N-dealkylation sites (tertiary alicyclic amines) is 1. The third-order valence-corrected chi connectivity index (χ3v) is 21.0. The van der Waals surface area contributed by atoms with Gasteiger partial charge in [0.1, 0.15) is 5.82 Å². The van der Waals surface area contributed by atoms with Crippen LogP contribution in [0.5, 0.6) is 0 Å². The molecule has 4 aromatic carbocycles. The Hall–Kier alpha value is -3.58. The van der Waals surface area contributed by atoms with Gasteiger partial charge in [0, 0.05) is 12.9 Å². The van der Waals surface area contributed by atoms with Crippen molar-refractivity contribution < 1.29 is 35.8 Å². The van der Waals surface area contributed by atoms with Crippen molar-refractivity contribution in [3.05, 3.63) is 125 Å². The molecule has 20 heteroatoms. The van der Waals surface area contributed by atoms with Gasteiger partial charge in [0.25, 0.3) is 0 Å². The smallest absolute Gasteiger partial charge is 0.123 e. The van der Waals surface area contributed by atoms with Crippen molar-refractivity contribution in [3.8, 4) is 11.1 Å². The molecule has 11 nitrogen and oxygen atoms in total. The van der Waals surface area contributed by atoms with Crippen LogP contribution in [0.2, 0.25) is 9.73 Å². The van der Waals surface area contributed by atoms with E-state index in [1.54, 1.807) is 36.0 Å². The molecule has 3 aliphatic heterocycles. The van der Waals surface area contributed by atoms with Crippen LogP contribution in [0.15, 0.2) is 112 Å². The SMILES string of the molecule is [2H]C1(N2CCc3c(ncnc3NS(=O)(=O)c3ccc([As][C@H](CCN4CCN(CC)CC4)CSc4ccccc4)c(S(=O)(=O)C(F)(F)F)c3)C2)CCN(Cc2cc(F)ccc2-c2ccc(Cl)cc2)CC1. The summed E-state index contributed by atoms with van der Waals surface area (Å²) in [6.07, 6.45) is 3.09. The first-order valence-electron chi connectivity index (χ1n) is 23.1. The van der Waals surface area contributed by atoms with Crippen molar-refractivity contribution in [3.63, 3.8) is 0 Å². The quantitative estimate of drug-likeness (QED) is 0.0555. The molecular formula is C48H54AsClF4N7O4S3. The van der Waals surface area contributed by atoms with Gasteiger partial charge in [-0.2, -0.15) is 0 Å². The number of hydrogen-bond donors (Lipinski definition) is 1. The van der Waals surface area contributed by atoms with Gasteiger partial charge in [-0.3, -0.25) is 4.90 Å². The van der Waals surface area contributed by atoms with Crippen LogP contribution in [0.4, 0.5) is 23.4 Å². The number of thioether (sulfide) groups is 1. The Labute approximate surface area is 414 Å². The zero-order valence-electron chi connectivity index (χ0n) is 38.5. The normalized spacial score (nSPS) is 18.6. The molecule has 0 aliphatic carbocycles. The maximum atomic E-state index is 14.5. The molecule has 4 heterocycles. The Morgan fingerprint density at radius 1 is 0.882 bits per heavy atom. The van der Waals surface area contributed by atoms with Crippen LogP contribution in [-0.4, -0.2) is 138 Å². The maximum absolute atomic E-state index is 14.5. The maximum Gasteiger partial charge on any atom is 0.123 e. The molecule has 5 aromatic rings. The van der Waals surface area contributed by atoms with Gasteiger partial charge in [-0.1, -0.05) is 29.8 Å². The predicted octanol–water partition coefficient (Wildman–Crippen LogP) is 7.99. The molecule has 68 heavy (non-hydrogen) atoms. The number of piperazine rings is 1. The van der Waals surface area contributed by atoms with Crippen LogP contribution in [0, 0.1) is 5.82 Å². The van der Waals surface area contributed by atoms with E-state index in [4.69, 9.17) is 11.6 Å². The second-order valence-corrected chi connectivity index (χ2v) is 25.3. The average Bonchev–Trinajstić information content (AvgIpc) is 3.33. The molecule has 0 spiro atoms. The summed E-state index contributed by atoms with van der Waals surface area (Å²) in [7, 11) is -10.6. The fourth-order valence-electron chi connectivity index (χ4n) is 8.89. The summed E-state index contributed by atoms with van der Waals surface area (Å²) in [5.74, 6) is 0.151. The van der Waals surface area contributed by atoms with Crippen LogP contribution >= 0.6 is 23.4 Å². The number of anilines is 1. The van der Waals surface area contributed by atoms with Crippen molar-refractivity contribution in [1.29, 1.82) is 0 Å². The minimum atomic E-state index is -5.96. The first-order chi connectivity index (χ1) is 32.9. The Morgan fingerprint density at radius 3 is 2.31 bits per heavy atom. The van der Waals surface area contributed by atoms with Crippen LogP contribution in [-0.2, 0) is 39.4 Å². The molecule has 8 rings (SSSR count). The number of sulfonamides is 1. The zero-order valence-corrected chi connectivity index (χ0v) is 42.6. The van der Waals surface area contributed by atoms with Crippen LogP contribution in [0.1, 0.15) is 44.4 Å². The van der Waals surface area contributed by atoms with Gasteiger partial charge in [0.15, 0.2) is 0 Å². The van der Waals surface area contributed by atoms with Gasteiger partial charge in [-0.05, 0) is 66.9 Å². The third kappa shape index (κ3) is 12.5. The molecule has 0 bridgehead atoms. The summed E-state index contributed by atoms with van der Waals surface area (Å²) >= 11 is 6.50. The number of likely N-dealkylation sites (N-methyl/N-ethyl adjacent to an activating group) is 1. The Balaban J connectivity index is 0.965. The molecule has 0 unspecified atom stereocenters. The molecule has 1 aromatic heterocycles. The third-order valence-electron chi connectivity index (χ3n) is 12.8. The van der Waals surface area contributed by atoms with Crippen molar-refractivity contribution >= 4 is 69.1 Å². The van der Waals surface area contributed by atoms with Crippen LogP contribution < -0.4 is 9.07 Å². The number of sulfone groups is 1. The Kier molecular flexibility index (Phi) is 16.2. The summed E-state index contributed by atoms with van der Waals surface area (Å²) in [6.45, 7) is 9.60. The summed E-state index contributed by atoms with van der Waals surface area (Å²) in [5, 5.41) is 0.605. The van der Waals surface area contributed by atoms with Gasteiger partial charge in [0.05, 0.1) is 0 Å². The number of benzene rings is 4. The van der Waals surface area contributed by atoms with E-state index in [0.29, 0.717) is 80.1 Å². The molecule has 0 amide bonds. The molecule has 3 aliphatic rings. The molecule has 2 fully saturated rings. The minimum absolute atomic E-state index is 0.0108. The first kappa shape index (κ1) is 49.4. The fourth-order valence-corrected chi connectivity index (χ4v) is 16.1. The first-order valence-corrected chi connectivity index (χ1v) is 28.9. The zero-order chi connectivity index (χ0) is 49.0. The molecule has 2 saturated heterocycles. The van der Waals surface area contributed by atoms with Crippen molar-refractivity contribution in [1.82, 2.24) is 29.6 Å². The van der Waals surface area contributed by atoms with E-state index < -0.39 is 56.9 Å². The van der Waals surface area contributed by atoms with E-state index in [1.165, 1.54) is 24.5 Å². The standard InChI is InChI=1S/C48H54AsClF4N7O4S3/c1-2-58-24-26-59(27-25-58)20-16-36(32-66-40-6-4-3-5-7-40)49-44-15-13-41(29-46(44)67(62,63)48(52,53)54)68(64,65)57-47-43-19-23-61(31-45(43)55-33-56-47)39-17-21-60(22-18-39)30-35-28-38(51)12-14-42(35)34-8-10-37(50)11-9-34/h3-15,28-29,33,36,39H,2,16-27,30-32H2,1H3,(H,55,56,57)/t36-/m1/s1/i39D. The fraction of sp³-hybridized carbons (Fsp3) is 0.417. The molecule has 0 saturated carbocycles. The summed E-state index contributed by atoms with van der Waals surface area (Å²) in [4.78, 5) is 16.9. The number of halogens is 5. The van der Waals surface area contributed by atoms with Crippen LogP contribution in [0.25, 0.3) is 11.1 Å². The minimum Gasteiger partial charge on any atom is -0.299 e. The van der Waals surface area contributed by atoms with E-state index in [9.17, 15) is 35.8 Å².